The number of amides is 3. The number of carboxylic acids is 2. The van der Waals surface area contributed by atoms with Gasteiger partial charge in [0.1, 0.15) is 18.1 Å². The van der Waals surface area contributed by atoms with Crippen LogP contribution in [0.4, 0.5) is 0 Å². The summed E-state index contributed by atoms with van der Waals surface area (Å²) < 4.78 is 0. The second-order valence-corrected chi connectivity index (χ2v) is 9.86. The van der Waals surface area contributed by atoms with E-state index >= 15 is 0 Å². The van der Waals surface area contributed by atoms with Crippen molar-refractivity contribution in [3.8, 4) is 0 Å². The van der Waals surface area contributed by atoms with Crippen LogP contribution < -0.4 is 33.2 Å². The number of carbonyl (C=O) groups excluding carboxylic acids is 3. The molecule has 12 N–H and O–H groups in total. The zero-order chi connectivity index (χ0) is 30.4. The van der Waals surface area contributed by atoms with E-state index < -0.39 is 60.2 Å². The number of hydrogen-bond acceptors (Lipinski definition) is 8. The lowest BCUT2D eigenvalue weighted by Gasteiger charge is -2.25. The Labute approximate surface area is 237 Å². The maximum Gasteiger partial charge on any atom is 0.326 e. The number of carbonyl (C=O) groups is 5. The smallest absolute Gasteiger partial charge is 0.326 e. The molecule has 3 amide bonds. The van der Waals surface area contributed by atoms with Crippen molar-refractivity contribution in [1.82, 2.24) is 20.9 Å². The zero-order valence-corrected chi connectivity index (χ0v) is 22.9. The Bertz CT molecular complexity index is 1190. The van der Waals surface area contributed by atoms with Gasteiger partial charge in [-0.3, -0.25) is 19.2 Å². The summed E-state index contributed by atoms with van der Waals surface area (Å²) >= 11 is 0. The van der Waals surface area contributed by atoms with Gasteiger partial charge in [-0.25, -0.2) is 4.79 Å². The van der Waals surface area contributed by atoms with E-state index in [1.54, 1.807) is 6.20 Å². The van der Waals surface area contributed by atoms with Crippen LogP contribution in [0.25, 0.3) is 10.9 Å². The van der Waals surface area contributed by atoms with Crippen molar-refractivity contribution in [2.24, 2.45) is 17.2 Å². The average molecular weight is 576 g/mol. The van der Waals surface area contributed by atoms with Crippen LogP contribution >= 0.6 is 0 Å². The van der Waals surface area contributed by atoms with Crippen LogP contribution in [-0.4, -0.2) is 82.1 Å². The van der Waals surface area contributed by atoms with Gasteiger partial charge < -0.3 is 48.3 Å². The largest absolute Gasteiger partial charge is 0.481 e. The van der Waals surface area contributed by atoms with Gasteiger partial charge in [0.05, 0.1) is 12.5 Å². The minimum absolute atomic E-state index is 0.0265. The number of aliphatic carboxylic acids is 2. The molecular formula is C27H41N7O7. The molecule has 4 atom stereocenters. The molecule has 0 aliphatic heterocycles. The lowest BCUT2D eigenvalue weighted by atomic mass is 10.0. The van der Waals surface area contributed by atoms with Crippen molar-refractivity contribution in [1.29, 1.82) is 0 Å². The Kier molecular flexibility index (Phi) is 13.7. The number of H-pyrrole nitrogens is 1. The van der Waals surface area contributed by atoms with Crippen molar-refractivity contribution in [3.63, 3.8) is 0 Å². The van der Waals surface area contributed by atoms with Crippen molar-refractivity contribution < 1.29 is 34.2 Å². The molecule has 2 rings (SSSR count). The highest BCUT2D eigenvalue weighted by molar-refractivity contribution is 5.95. The van der Waals surface area contributed by atoms with Crippen LogP contribution in [0.2, 0.25) is 0 Å². The second-order valence-electron chi connectivity index (χ2n) is 9.86. The van der Waals surface area contributed by atoms with Crippen LogP contribution in [0.5, 0.6) is 0 Å². The maximum absolute atomic E-state index is 13.4. The summed E-state index contributed by atoms with van der Waals surface area (Å²) in [4.78, 5) is 65.3. The molecule has 0 aliphatic rings. The molecule has 14 heteroatoms. The first-order valence-corrected chi connectivity index (χ1v) is 13.6. The average Bonchev–Trinajstić information content (AvgIpc) is 3.33. The molecular weight excluding hydrogens is 534 g/mol. The number of para-hydroxylation sites is 1. The number of unbranched alkanes of at least 4 members (excludes halogenated alkanes) is 2. The van der Waals surface area contributed by atoms with Crippen molar-refractivity contribution in [2.75, 3.05) is 13.1 Å². The lowest BCUT2D eigenvalue weighted by molar-refractivity contribution is -0.142. The number of carboxylic acid groups (broad SMARTS) is 2. The second kappa shape index (κ2) is 16.9. The molecule has 1 aromatic heterocycles. The summed E-state index contributed by atoms with van der Waals surface area (Å²) in [6.45, 7) is 0.736. The normalized spacial score (nSPS) is 14.0. The predicted octanol–water partition coefficient (Wildman–Crippen LogP) is -0.691. The summed E-state index contributed by atoms with van der Waals surface area (Å²) in [5.74, 6) is -4.73. The first kappa shape index (κ1) is 33.2. The standard InChI is InChI=1S/C27H41N7O7/c28-11-5-3-9-20(32-24(37)18(30)14-23(35)36)25(38)34-22(13-16-15-31-19-8-2-1-7-17(16)19)26(39)33-21(27(40)41)10-4-6-12-29/h1-2,7-8,15,18,20-22,31H,3-6,9-14,28-30H2,(H,32,37)(H,33,39)(H,34,38)(H,35,36)(H,40,41). The highest BCUT2D eigenvalue weighted by Crippen LogP contribution is 2.19. The van der Waals surface area contributed by atoms with Gasteiger partial charge in [-0.05, 0) is 63.2 Å². The Morgan fingerprint density at radius 3 is 1.95 bits per heavy atom. The molecule has 14 nitrogen and oxygen atoms in total. The number of rotatable bonds is 19. The van der Waals surface area contributed by atoms with Crippen LogP contribution in [0.3, 0.4) is 0 Å². The molecule has 0 bridgehead atoms. The third-order valence-corrected chi connectivity index (χ3v) is 6.60. The van der Waals surface area contributed by atoms with Gasteiger partial charge in [0, 0.05) is 23.5 Å². The first-order chi connectivity index (χ1) is 19.6. The Hall–Kier alpha value is -4.01. The van der Waals surface area contributed by atoms with Crippen molar-refractivity contribution >= 4 is 40.6 Å². The SMILES string of the molecule is NCCCCC(NC(=O)C(Cc1c[nH]c2ccccc12)NC(=O)C(CCCCN)NC(=O)C(N)CC(=O)O)C(=O)O. The fourth-order valence-corrected chi connectivity index (χ4v) is 4.35. The summed E-state index contributed by atoms with van der Waals surface area (Å²) in [5, 5.41) is 27.1. The first-order valence-electron chi connectivity index (χ1n) is 13.6. The van der Waals surface area contributed by atoms with Gasteiger partial charge in [0.25, 0.3) is 0 Å². The summed E-state index contributed by atoms with van der Waals surface area (Å²) in [6, 6.07) is 2.48. The molecule has 0 saturated heterocycles. The Balaban J connectivity index is 2.30. The van der Waals surface area contributed by atoms with E-state index in [0.717, 1.165) is 10.9 Å². The topological polar surface area (TPSA) is 256 Å². The van der Waals surface area contributed by atoms with Gasteiger partial charge in [-0.1, -0.05) is 18.2 Å². The molecule has 0 fully saturated rings. The highest BCUT2D eigenvalue weighted by Gasteiger charge is 2.31. The molecule has 226 valence electrons. The number of aromatic amines is 1. The fraction of sp³-hybridized carbons (Fsp3) is 0.519. The van der Waals surface area contributed by atoms with E-state index in [-0.39, 0.29) is 19.3 Å². The van der Waals surface area contributed by atoms with Crippen LogP contribution in [0.15, 0.2) is 30.5 Å². The summed E-state index contributed by atoms with van der Waals surface area (Å²) in [6.07, 6.45) is 3.51. The van der Waals surface area contributed by atoms with Crippen LogP contribution in [-0.2, 0) is 30.4 Å². The molecule has 2 aromatic rings. The third-order valence-electron chi connectivity index (χ3n) is 6.60. The fourth-order valence-electron chi connectivity index (χ4n) is 4.35. The van der Waals surface area contributed by atoms with E-state index in [1.165, 1.54) is 0 Å². The molecule has 0 radical (unpaired) electrons. The minimum atomic E-state index is -1.38. The Morgan fingerprint density at radius 1 is 0.780 bits per heavy atom. The van der Waals surface area contributed by atoms with Crippen LogP contribution in [0.1, 0.15) is 50.5 Å². The quantitative estimate of drug-likeness (QED) is 0.0952. The molecule has 41 heavy (non-hydrogen) atoms. The van der Waals surface area contributed by atoms with E-state index in [2.05, 4.69) is 20.9 Å². The molecule has 1 heterocycles. The third kappa shape index (κ3) is 10.8. The summed E-state index contributed by atoms with van der Waals surface area (Å²) in [7, 11) is 0. The number of hydrogen-bond donors (Lipinski definition) is 9. The van der Waals surface area contributed by atoms with Gasteiger partial charge >= 0.3 is 11.9 Å². The van der Waals surface area contributed by atoms with Crippen LogP contribution in [0, 0.1) is 0 Å². The van der Waals surface area contributed by atoms with Gasteiger partial charge in [-0.15, -0.1) is 0 Å². The number of nitrogens with one attached hydrogen (secondary N) is 4. The van der Waals surface area contributed by atoms with E-state index in [1.807, 2.05) is 24.3 Å². The summed E-state index contributed by atoms with van der Waals surface area (Å²) in [5.41, 5.74) is 18.3. The molecule has 1 aromatic carbocycles. The van der Waals surface area contributed by atoms with Gasteiger partial charge in [0.15, 0.2) is 0 Å². The predicted molar refractivity (Wildman–Crippen MR) is 151 cm³/mol. The van der Waals surface area contributed by atoms with E-state index in [0.29, 0.717) is 44.3 Å². The molecule has 0 aliphatic carbocycles. The maximum atomic E-state index is 13.4. The number of fused-ring (bicyclic) bond motifs is 1. The number of aromatic nitrogens is 1. The Morgan fingerprint density at radius 2 is 1.34 bits per heavy atom. The monoisotopic (exact) mass is 575 g/mol. The number of benzene rings is 1. The van der Waals surface area contributed by atoms with Crippen molar-refractivity contribution in [3.05, 3.63) is 36.0 Å². The van der Waals surface area contributed by atoms with Crippen molar-refractivity contribution in [2.45, 2.75) is 75.5 Å². The zero-order valence-electron chi connectivity index (χ0n) is 22.9. The molecule has 0 spiro atoms. The highest BCUT2D eigenvalue weighted by atomic mass is 16.4. The van der Waals surface area contributed by atoms with Gasteiger partial charge in [0.2, 0.25) is 17.7 Å². The van der Waals surface area contributed by atoms with E-state index in [9.17, 15) is 29.1 Å². The lowest BCUT2D eigenvalue weighted by Crippen LogP contribution is -2.57. The van der Waals surface area contributed by atoms with Gasteiger partial charge in [-0.2, -0.15) is 0 Å². The molecule has 0 saturated carbocycles. The van der Waals surface area contributed by atoms with E-state index in [4.69, 9.17) is 22.3 Å². The number of nitrogens with two attached hydrogens (primary N) is 3. The minimum Gasteiger partial charge on any atom is -0.481 e. The molecule has 4 unspecified atom stereocenters.